The Balaban J connectivity index is 1.37. The number of anilines is 1. The molecule has 0 aliphatic carbocycles. The molecule has 0 saturated carbocycles. The first-order valence-corrected chi connectivity index (χ1v) is 10.6. The summed E-state index contributed by atoms with van der Waals surface area (Å²) < 4.78 is 12.3. The van der Waals surface area contributed by atoms with Gasteiger partial charge in [-0.15, -0.1) is 0 Å². The van der Waals surface area contributed by atoms with Crippen LogP contribution in [0.1, 0.15) is 5.56 Å². The van der Waals surface area contributed by atoms with Gasteiger partial charge in [0.1, 0.15) is 19.0 Å². The second kappa shape index (κ2) is 10.5. The SMILES string of the molecule is O=C(NNc1ccc2ncn(CCOc3ccccc3Cl)c(=O)c2c1)OCc1ccccc1. The molecule has 0 atom stereocenters. The summed E-state index contributed by atoms with van der Waals surface area (Å²) in [6, 6.07) is 21.5. The normalized spacial score (nSPS) is 10.6. The molecule has 0 aliphatic rings. The van der Waals surface area contributed by atoms with Crippen molar-refractivity contribution in [3.8, 4) is 5.75 Å². The zero-order chi connectivity index (χ0) is 23.0. The fourth-order valence-electron chi connectivity index (χ4n) is 3.09. The number of amides is 1. The van der Waals surface area contributed by atoms with Gasteiger partial charge in [-0.1, -0.05) is 54.1 Å². The number of carbonyl (C=O) groups is 1. The van der Waals surface area contributed by atoms with Crippen LogP contribution in [0.2, 0.25) is 5.02 Å². The van der Waals surface area contributed by atoms with Crippen molar-refractivity contribution < 1.29 is 14.3 Å². The Hall–Kier alpha value is -4.04. The Kier molecular flexibility index (Phi) is 7.06. The van der Waals surface area contributed by atoms with Crippen molar-refractivity contribution >= 4 is 34.3 Å². The fraction of sp³-hybridized carbons (Fsp3) is 0.125. The second-order valence-corrected chi connectivity index (χ2v) is 7.47. The maximum Gasteiger partial charge on any atom is 0.426 e. The van der Waals surface area contributed by atoms with Crippen molar-refractivity contribution in [2.45, 2.75) is 13.2 Å². The van der Waals surface area contributed by atoms with E-state index in [0.717, 1.165) is 5.56 Å². The van der Waals surface area contributed by atoms with E-state index in [1.54, 1.807) is 30.3 Å². The average Bonchev–Trinajstić information content (AvgIpc) is 2.85. The number of ether oxygens (including phenoxy) is 2. The number of rotatable bonds is 8. The Bertz CT molecular complexity index is 1310. The minimum atomic E-state index is -0.640. The molecule has 8 nitrogen and oxygen atoms in total. The summed E-state index contributed by atoms with van der Waals surface area (Å²) in [5.74, 6) is 0.553. The lowest BCUT2D eigenvalue weighted by Gasteiger charge is -2.11. The summed E-state index contributed by atoms with van der Waals surface area (Å²) >= 11 is 6.08. The van der Waals surface area contributed by atoms with Crippen molar-refractivity contribution in [3.63, 3.8) is 0 Å². The highest BCUT2D eigenvalue weighted by Crippen LogP contribution is 2.23. The van der Waals surface area contributed by atoms with Crippen LogP contribution in [0.3, 0.4) is 0 Å². The van der Waals surface area contributed by atoms with Crippen molar-refractivity contribution in [2.75, 3.05) is 12.0 Å². The largest absolute Gasteiger partial charge is 0.490 e. The van der Waals surface area contributed by atoms with Crippen molar-refractivity contribution in [1.29, 1.82) is 0 Å². The molecule has 0 aliphatic heterocycles. The number of hydrazine groups is 1. The zero-order valence-corrected chi connectivity index (χ0v) is 18.3. The number of aromatic nitrogens is 2. The summed E-state index contributed by atoms with van der Waals surface area (Å²) in [6.45, 7) is 0.704. The molecule has 0 bridgehead atoms. The maximum absolute atomic E-state index is 12.9. The molecule has 9 heteroatoms. The molecule has 1 aromatic heterocycles. The van der Waals surface area contributed by atoms with Gasteiger partial charge in [0.25, 0.3) is 5.56 Å². The number of hydrogen-bond acceptors (Lipinski definition) is 6. The topological polar surface area (TPSA) is 94.5 Å². The number of benzene rings is 3. The van der Waals surface area contributed by atoms with E-state index >= 15 is 0 Å². The number of hydrogen-bond donors (Lipinski definition) is 2. The average molecular weight is 465 g/mol. The van der Waals surface area contributed by atoms with E-state index in [0.29, 0.717) is 33.9 Å². The number of nitrogens with one attached hydrogen (secondary N) is 2. The Labute approximate surface area is 194 Å². The molecule has 0 saturated heterocycles. The quantitative estimate of drug-likeness (QED) is 0.376. The molecule has 0 unspecified atom stereocenters. The van der Waals surface area contributed by atoms with Gasteiger partial charge in [0.2, 0.25) is 0 Å². The summed E-state index contributed by atoms with van der Waals surface area (Å²) in [6.07, 6.45) is 0.840. The van der Waals surface area contributed by atoms with Crippen LogP contribution in [0, 0.1) is 0 Å². The number of nitrogens with zero attached hydrogens (tertiary/aromatic N) is 2. The molecule has 0 fully saturated rings. The summed E-state index contributed by atoms with van der Waals surface area (Å²) in [7, 11) is 0. The van der Waals surface area contributed by atoms with E-state index in [-0.39, 0.29) is 18.8 Å². The molecule has 2 N–H and O–H groups in total. The van der Waals surface area contributed by atoms with Crippen molar-refractivity contribution in [3.05, 3.63) is 100 Å². The van der Waals surface area contributed by atoms with E-state index in [4.69, 9.17) is 21.1 Å². The van der Waals surface area contributed by atoms with Crippen LogP contribution < -0.4 is 21.1 Å². The molecule has 168 valence electrons. The number of carbonyl (C=O) groups excluding carboxylic acids is 1. The molecule has 4 rings (SSSR count). The van der Waals surface area contributed by atoms with Crippen LogP contribution in [0.5, 0.6) is 5.75 Å². The third kappa shape index (κ3) is 5.81. The maximum atomic E-state index is 12.9. The molecular weight excluding hydrogens is 444 g/mol. The van der Waals surface area contributed by atoms with Crippen LogP contribution in [-0.2, 0) is 17.9 Å². The molecule has 1 amide bonds. The summed E-state index contributed by atoms with van der Waals surface area (Å²) in [5, 5.41) is 0.909. The van der Waals surface area contributed by atoms with Crippen molar-refractivity contribution in [2.24, 2.45) is 0 Å². The van der Waals surface area contributed by atoms with Gasteiger partial charge < -0.3 is 9.47 Å². The first-order chi connectivity index (χ1) is 16.1. The van der Waals surface area contributed by atoms with E-state index in [1.807, 2.05) is 42.5 Å². The third-order valence-corrected chi connectivity index (χ3v) is 5.08. The van der Waals surface area contributed by atoms with Crippen LogP contribution in [0.4, 0.5) is 10.5 Å². The third-order valence-electron chi connectivity index (χ3n) is 4.77. The lowest BCUT2D eigenvalue weighted by atomic mass is 10.2. The van der Waals surface area contributed by atoms with E-state index < -0.39 is 6.09 Å². The monoisotopic (exact) mass is 464 g/mol. The van der Waals surface area contributed by atoms with Crippen LogP contribution in [-0.4, -0.2) is 22.3 Å². The van der Waals surface area contributed by atoms with Gasteiger partial charge in [0.05, 0.1) is 34.5 Å². The first kappa shape index (κ1) is 22.2. The Morgan fingerprint density at radius 2 is 1.82 bits per heavy atom. The summed E-state index contributed by atoms with van der Waals surface area (Å²) in [4.78, 5) is 29.2. The minimum absolute atomic E-state index is 0.150. The van der Waals surface area contributed by atoms with Gasteiger partial charge in [0.15, 0.2) is 0 Å². The highest BCUT2D eigenvalue weighted by atomic mass is 35.5. The first-order valence-electron chi connectivity index (χ1n) is 10.2. The molecule has 4 aromatic rings. The second-order valence-electron chi connectivity index (χ2n) is 7.07. The molecule has 33 heavy (non-hydrogen) atoms. The number of halogens is 1. The molecule has 3 aromatic carbocycles. The highest BCUT2D eigenvalue weighted by molar-refractivity contribution is 6.32. The predicted molar refractivity (Wildman–Crippen MR) is 126 cm³/mol. The van der Waals surface area contributed by atoms with E-state index in [1.165, 1.54) is 10.9 Å². The Morgan fingerprint density at radius 1 is 1.03 bits per heavy atom. The van der Waals surface area contributed by atoms with E-state index in [9.17, 15) is 9.59 Å². The van der Waals surface area contributed by atoms with Gasteiger partial charge >= 0.3 is 6.09 Å². The summed E-state index contributed by atoms with van der Waals surface area (Å²) in [5.41, 5.74) is 6.92. The molecule has 0 radical (unpaired) electrons. The van der Waals surface area contributed by atoms with Gasteiger partial charge in [-0.3, -0.25) is 14.8 Å². The number of fused-ring (bicyclic) bond motifs is 1. The van der Waals surface area contributed by atoms with Crippen LogP contribution in [0.15, 0.2) is 83.9 Å². The molecule has 1 heterocycles. The van der Waals surface area contributed by atoms with E-state index in [2.05, 4.69) is 15.8 Å². The lowest BCUT2D eigenvalue weighted by molar-refractivity contribution is 0.142. The van der Waals surface area contributed by atoms with Crippen molar-refractivity contribution in [1.82, 2.24) is 15.0 Å². The predicted octanol–water partition coefficient (Wildman–Crippen LogP) is 4.38. The van der Waals surface area contributed by atoms with Crippen LogP contribution >= 0.6 is 11.6 Å². The highest BCUT2D eigenvalue weighted by Gasteiger charge is 2.08. The zero-order valence-electron chi connectivity index (χ0n) is 17.5. The van der Waals surface area contributed by atoms with Crippen LogP contribution in [0.25, 0.3) is 10.9 Å². The van der Waals surface area contributed by atoms with Gasteiger partial charge in [-0.25, -0.2) is 15.2 Å². The fourth-order valence-corrected chi connectivity index (χ4v) is 3.28. The van der Waals surface area contributed by atoms with Gasteiger partial charge in [-0.05, 0) is 35.9 Å². The van der Waals surface area contributed by atoms with Gasteiger partial charge in [0, 0.05) is 0 Å². The molecular formula is C24H21ClN4O4. The molecule has 0 spiro atoms. The minimum Gasteiger partial charge on any atom is -0.490 e. The number of para-hydroxylation sites is 1. The smallest absolute Gasteiger partial charge is 0.426 e. The van der Waals surface area contributed by atoms with Gasteiger partial charge in [-0.2, -0.15) is 0 Å². The standard InChI is InChI=1S/C24H21ClN4O4/c25-20-8-4-5-9-22(20)32-13-12-29-16-26-21-11-10-18(14-19(21)23(29)30)27-28-24(31)33-15-17-6-2-1-3-7-17/h1-11,14,16,27H,12-13,15H2,(H,28,31). The Morgan fingerprint density at radius 3 is 2.64 bits per heavy atom. The lowest BCUT2D eigenvalue weighted by Crippen LogP contribution is -2.30.